The molecule has 0 aliphatic heterocycles. The van der Waals surface area contributed by atoms with Crippen molar-refractivity contribution in [3.8, 4) is 0 Å². The molecule has 0 saturated heterocycles. The number of rotatable bonds is 3. The van der Waals surface area contributed by atoms with Gasteiger partial charge >= 0.3 is 0 Å². The second kappa shape index (κ2) is 3.98. The number of aryl methyl sites for hydroxylation is 1. The summed E-state index contributed by atoms with van der Waals surface area (Å²) >= 11 is 0. The van der Waals surface area contributed by atoms with E-state index in [2.05, 4.69) is 34.2 Å². The van der Waals surface area contributed by atoms with Gasteiger partial charge in [-0.2, -0.15) is 14.6 Å². The molecule has 2 aromatic heterocycles. The number of aromatic nitrogens is 4. The summed E-state index contributed by atoms with van der Waals surface area (Å²) in [5.41, 5.74) is 2.51. The van der Waals surface area contributed by atoms with Crippen LogP contribution in [0.1, 0.15) is 31.5 Å². The van der Waals surface area contributed by atoms with E-state index in [1.165, 1.54) is 17.7 Å². The standard InChI is InChI=1S/C12H17N5/c1-8(2)6-13-11-9-4-3-5-10(9)16-12-14-7-15-17(11)12/h7-8,13H,3-6H2,1-2H3. The van der Waals surface area contributed by atoms with Gasteiger partial charge in [-0.3, -0.25) is 0 Å². The van der Waals surface area contributed by atoms with Crippen molar-refractivity contribution in [1.29, 1.82) is 0 Å². The molecule has 5 heteroatoms. The molecule has 0 fully saturated rings. The van der Waals surface area contributed by atoms with E-state index in [1.54, 1.807) is 6.33 Å². The number of anilines is 1. The summed E-state index contributed by atoms with van der Waals surface area (Å²) < 4.78 is 1.83. The van der Waals surface area contributed by atoms with Gasteiger partial charge in [0, 0.05) is 12.1 Å². The van der Waals surface area contributed by atoms with Crippen molar-refractivity contribution in [1.82, 2.24) is 19.6 Å². The topological polar surface area (TPSA) is 55.1 Å². The maximum Gasteiger partial charge on any atom is 0.254 e. The highest BCUT2D eigenvalue weighted by Gasteiger charge is 2.20. The van der Waals surface area contributed by atoms with Crippen molar-refractivity contribution in [3.63, 3.8) is 0 Å². The van der Waals surface area contributed by atoms with Crippen LogP contribution in [0.4, 0.5) is 5.82 Å². The van der Waals surface area contributed by atoms with E-state index < -0.39 is 0 Å². The highest BCUT2D eigenvalue weighted by molar-refractivity contribution is 5.54. The molecule has 90 valence electrons. The number of nitrogens with zero attached hydrogens (tertiary/aromatic N) is 4. The third-order valence-corrected chi connectivity index (χ3v) is 3.13. The average Bonchev–Trinajstić information content (AvgIpc) is 2.90. The summed E-state index contributed by atoms with van der Waals surface area (Å²) in [4.78, 5) is 8.74. The largest absolute Gasteiger partial charge is 0.369 e. The summed E-state index contributed by atoms with van der Waals surface area (Å²) in [5, 5.41) is 7.75. The summed E-state index contributed by atoms with van der Waals surface area (Å²) in [6.07, 6.45) is 4.91. The second-order valence-corrected chi connectivity index (χ2v) is 4.99. The van der Waals surface area contributed by atoms with Gasteiger partial charge in [0.05, 0.1) is 5.69 Å². The van der Waals surface area contributed by atoms with Crippen LogP contribution >= 0.6 is 0 Å². The summed E-state index contributed by atoms with van der Waals surface area (Å²) in [6, 6.07) is 0. The van der Waals surface area contributed by atoms with Gasteiger partial charge in [0.1, 0.15) is 12.1 Å². The average molecular weight is 231 g/mol. The van der Waals surface area contributed by atoms with Gasteiger partial charge in [0.15, 0.2) is 0 Å². The van der Waals surface area contributed by atoms with Crippen LogP contribution in [-0.4, -0.2) is 26.1 Å². The maximum absolute atomic E-state index is 4.55. The monoisotopic (exact) mass is 231 g/mol. The zero-order valence-electron chi connectivity index (χ0n) is 10.3. The SMILES string of the molecule is CC(C)CNc1c2c(nc3ncnn13)CCC2. The molecule has 0 amide bonds. The van der Waals surface area contributed by atoms with Crippen molar-refractivity contribution in [3.05, 3.63) is 17.6 Å². The van der Waals surface area contributed by atoms with Crippen LogP contribution in [-0.2, 0) is 12.8 Å². The molecular formula is C12H17N5. The lowest BCUT2D eigenvalue weighted by atomic mass is 10.2. The van der Waals surface area contributed by atoms with Crippen LogP contribution in [0.15, 0.2) is 6.33 Å². The van der Waals surface area contributed by atoms with Crippen molar-refractivity contribution >= 4 is 11.6 Å². The number of hydrogen-bond donors (Lipinski definition) is 1. The second-order valence-electron chi connectivity index (χ2n) is 4.99. The minimum Gasteiger partial charge on any atom is -0.369 e. The van der Waals surface area contributed by atoms with Gasteiger partial charge in [-0.1, -0.05) is 13.8 Å². The van der Waals surface area contributed by atoms with E-state index >= 15 is 0 Å². The van der Waals surface area contributed by atoms with E-state index in [-0.39, 0.29) is 0 Å². The fourth-order valence-corrected chi connectivity index (χ4v) is 2.31. The Bertz CT molecular complexity index is 543. The minimum atomic E-state index is 0.610. The van der Waals surface area contributed by atoms with Crippen molar-refractivity contribution in [2.24, 2.45) is 5.92 Å². The predicted molar refractivity (Wildman–Crippen MR) is 66.1 cm³/mol. The molecule has 0 aromatic carbocycles. The van der Waals surface area contributed by atoms with Gasteiger partial charge in [-0.25, -0.2) is 4.98 Å². The lowest BCUT2D eigenvalue weighted by Gasteiger charge is -2.13. The minimum absolute atomic E-state index is 0.610. The highest BCUT2D eigenvalue weighted by atomic mass is 15.4. The number of hydrogen-bond acceptors (Lipinski definition) is 4. The molecule has 0 atom stereocenters. The van der Waals surface area contributed by atoms with Gasteiger partial charge in [0.2, 0.25) is 0 Å². The Morgan fingerprint density at radius 2 is 2.29 bits per heavy atom. The van der Waals surface area contributed by atoms with E-state index in [1.807, 2.05) is 4.52 Å². The Morgan fingerprint density at radius 3 is 3.12 bits per heavy atom. The van der Waals surface area contributed by atoms with Gasteiger partial charge in [-0.15, -0.1) is 0 Å². The lowest BCUT2D eigenvalue weighted by molar-refractivity contribution is 0.682. The molecule has 5 nitrogen and oxygen atoms in total. The predicted octanol–water partition coefficient (Wildman–Crippen LogP) is 1.68. The third kappa shape index (κ3) is 1.75. The van der Waals surface area contributed by atoms with Crippen LogP contribution in [0.5, 0.6) is 0 Å². The first-order valence-electron chi connectivity index (χ1n) is 6.21. The highest BCUT2D eigenvalue weighted by Crippen LogP contribution is 2.27. The first kappa shape index (κ1) is 10.5. The normalized spacial score (nSPS) is 14.5. The molecule has 3 rings (SSSR count). The van der Waals surface area contributed by atoms with Crippen molar-refractivity contribution in [2.45, 2.75) is 33.1 Å². The molecule has 1 aliphatic carbocycles. The Morgan fingerprint density at radius 1 is 1.41 bits per heavy atom. The molecule has 0 saturated carbocycles. The van der Waals surface area contributed by atoms with Gasteiger partial charge in [0.25, 0.3) is 5.78 Å². The fourth-order valence-electron chi connectivity index (χ4n) is 2.31. The summed E-state index contributed by atoms with van der Waals surface area (Å²) in [6.45, 7) is 5.35. The summed E-state index contributed by atoms with van der Waals surface area (Å²) in [7, 11) is 0. The zero-order valence-corrected chi connectivity index (χ0v) is 10.3. The van der Waals surface area contributed by atoms with E-state index in [9.17, 15) is 0 Å². The Hall–Kier alpha value is -1.65. The molecule has 1 aliphatic rings. The molecule has 1 N–H and O–H groups in total. The molecule has 0 spiro atoms. The molecule has 2 heterocycles. The van der Waals surface area contributed by atoms with Crippen LogP contribution in [0.2, 0.25) is 0 Å². The number of fused-ring (bicyclic) bond motifs is 2. The van der Waals surface area contributed by atoms with Crippen LogP contribution in [0, 0.1) is 5.92 Å². The lowest BCUT2D eigenvalue weighted by Crippen LogP contribution is -2.14. The fraction of sp³-hybridized carbons (Fsp3) is 0.583. The first-order valence-corrected chi connectivity index (χ1v) is 6.21. The molecule has 0 unspecified atom stereocenters. The molecular weight excluding hydrogens is 214 g/mol. The quantitative estimate of drug-likeness (QED) is 0.873. The number of nitrogens with one attached hydrogen (secondary N) is 1. The van der Waals surface area contributed by atoms with Crippen LogP contribution < -0.4 is 5.32 Å². The maximum atomic E-state index is 4.55. The van der Waals surface area contributed by atoms with E-state index in [4.69, 9.17) is 0 Å². The zero-order chi connectivity index (χ0) is 11.8. The first-order chi connectivity index (χ1) is 8.25. The Balaban J connectivity index is 2.09. The third-order valence-electron chi connectivity index (χ3n) is 3.13. The Labute approximate surface area is 100 Å². The molecule has 17 heavy (non-hydrogen) atoms. The molecule has 0 bridgehead atoms. The smallest absolute Gasteiger partial charge is 0.254 e. The van der Waals surface area contributed by atoms with E-state index in [0.717, 1.165) is 25.2 Å². The van der Waals surface area contributed by atoms with Gasteiger partial charge in [-0.05, 0) is 25.2 Å². The van der Waals surface area contributed by atoms with Gasteiger partial charge < -0.3 is 5.32 Å². The van der Waals surface area contributed by atoms with Crippen molar-refractivity contribution < 1.29 is 0 Å². The van der Waals surface area contributed by atoms with Crippen molar-refractivity contribution in [2.75, 3.05) is 11.9 Å². The molecule has 2 aromatic rings. The molecule has 0 radical (unpaired) electrons. The summed E-state index contributed by atoms with van der Waals surface area (Å²) in [5.74, 6) is 2.41. The van der Waals surface area contributed by atoms with Crippen LogP contribution in [0.25, 0.3) is 5.78 Å². The Kier molecular flexibility index (Phi) is 2.46. The van der Waals surface area contributed by atoms with Crippen LogP contribution in [0.3, 0.4) is 0 Å². The van der Waals surface area contributed by atoms with E-state index in [0.29, 0.717) is 11.7 Å².